The van der Waals surface area contributed by atoms with Crippen LogP contribution in [0.25, 0.3) is 5.57 Å². The molecule has 2 heterocycles. The van der Waals surface area contributed by atoms with Gasteiger partial charge in [0, 0.05) is 24.7 Å². The minimum absolute atomic E-state index is 0.195. The number of ether oxygens (including phenoxy) is 1. The molecular weight excluding hydrogens is 400 g/mol. The molecule has 0 spiro atoms. The number of benzene rings is 2. The minimum Gasteiger partial charge on any atom is -0.494 e. The van der Waals surface area contributed by atoms with Gasteiger partial charge in [0.2, 0.25) is 0 Å². The molecule has 0 unspecified atom stereocenters. The fourth-order valence-corrected chi connectivity index (χ4v) is 4.16. The highest BCUT2D eigenvalue weighted by molar-refractivity contribution is 6.35. The van der Waals surface area contributed by atoms with E-state index in [-0.39, 0.29) is 11.8 Å². The third-order valence-corrected chi connectivity index (χ3v) is 5.81. The zero-order chi connectivity index (χ0) is 21.1. The topological polar surface area (TPSA) is 49.9 Å². The van der Waals surface area contributed by atoms with Gasteiger partial charge in [-0.1, -0.05) is 35.9 Å². The molecule has 1 fully saturated rings. The standard InChI is InChI=1S/C24H25ClN2O3/c1-2-30-20-11-7-18(8-12-20)21-22(26-14-3-4-15-26)24(29)27(23(21)28)16-13-17-5-9-19(25)10-6-17/h5-12H,2-4,13-16H2,1H3. The summed E-state index contributed by atoms with van der Waals surface area (Å²) in [6.45, 7) is 4.47. The van der Waals surface area contributed by atoms with Gasteiger partial charge in [-0.05, 0) is 61.6 Å². The summed E-state index contributed by atoms with van der Waals surface area (Å²) in [5, 5.41) is 0.669. The van der Waals surface area contributed by atoms with Crippen LogP contribution in [-0.2, 0) is 16.0 Å². The van der Waals surface area contributed by atoms with Gasteiger partial charge in [0.05, 0.1) is 12.2 Å². The summed E-state index contributed by atoms with van der Waals surface area (Å²) in [6, 6.07) is 14.9. The average Bonchev–Trinajstić information content (AvgIpc) is 3.35. The first-order valence-electron chi connectivity index (χ1n) is 10.4. The highest BCUT2D eigenvalue weighted by Crippen LogP contribution is 2.34. The fourth-order valence-electron chi connectivity index (χ4n) is 4.04. The maximum atomic E-state index is 13.3. The third kappa shape index (κ3) is 4.08. The summed E-state index contributed by atoms with van der Waals surface area (Å²) < 4.78 is 5.52. The van der Waals surface area contributed by atoms with Crippen molar-refractivity contribution >= 4 is 29.0 Å². The summed E-state index contributed by atoms with van der Waals surface area (Å²) in [4.78, 5) is 30.1. The van der Waals surface area contributed by atoms with E-state index in [2.05, 4.69) is 4.90 Å². The van der Waals surface area contributed by atoms with Crippen molar-refractivity contribution in [1.29, 1.82) is 0 Å². The van der Waals surface area contributed by atoms with Gasteiger partial charge in [-0.15, -0.1) is 0 Å². The van der Waals surface area contributed by atoms with Gasteiger partial charge in [0.1, 0.15) is 11.4 Å². The van der Waals surface area contributed by atoms with Crippen molar-refractivity contribution in [2.24, 2.45) is 0 Å². The Morgan fingerprint density at radius 1 is 0.933 bits per heavy atom. The van der Waals surface area contributed by atoms with Gasteiger partial charge >= 0.3 is 0 Å². The molecule has 0 atom stereocenters. The lowest BCUT2D eigenvalue weighted by Crippen LogP contribution is -2.36. The summed E-state index contributed by atoms with van der Waals surface area (Å²) in [5.74, 6) is 0.334. The maximum Gasteiger partial charge on any atom is 0.277 e. The molecule has 156 valence electrons. The third-order valence-electron chi connectivity index (χ3n) is 5.56. The number of rotatable bonds is 7. The van der Waals surface area contributed by atoms with Crippen LogP contribution in [0, 0.1) is 0 Å². The van der Waals surface area contributed by atoms with E-state index in [1.54, 1.807) is 0 Å². The maximum absolute atomic E-state index is 13.3. The summed E-state index contributed by atoms with van der Waals surface area (Å²) in [7, 11) is 0. The van der Waals surface area contributed by atoms with E-state index >= 15 is 0 Å². The normalized spacial score (nSPS) is 16.7. The molecule has 0 bridgehead atoms. The first kappa shape index (κ1) is 20.5. The lowest BCUT2D eigenvalue weighted by molar-refractivity contribution is -0.137. The van der Waals surface area contributed by atoms with Crippen LogP contribution in [0.1, 0.15) is 30.9 Å². The van der Waals surface area contributed by atoms with E-state index in [4.69, 9.17) is 16.3 Å². The highest BCUT2D eigenvalue weighted by Gasteiger charge is 2.41. The number of likely N-dealkylation sites (tertiary alicyclic amines) is 1. The Bertz CT molecular complexity index is 961. The molecule has 0 N–H and O–H groups in total. The first-order valence-corrected chi connectivity index (χ1v) is 10.8. The smallest absolute Gasteiger partial charge is 0.277 e. The zero-order valence-electron chi connectivity index (χ0n) is 17.1. The fraction of sp³-hybridized carbons (Fsp3) is 0.333. The second-order valence-electron chi connectivity index (χ2n) is 7.51. The Labute approximate surface area is 181 Å². The van der Waals surface area contributed by atoms with E-state index < -0.39 is 0 Å². The van der Waals surface area contributed by atoms with E-state index in [1.165, 1.54) is 4.90 Å². The van der Waals surface area contributed by atoms with Crippen molar-refractivity contribution in [3.8, 4) is 5.75 Å². The molecule has 0 aliphatic carbocycles. The molecule has 0 aromatic heterocycles. The molecule has 2 aliphatic heterocycles. The predicted molar refractivity (Wildman–Crippen MR) is 117 cm³/mol. The second-order valence-corrected chi connectivity index (χ2v) is 7.95. The van der Waals surface area contributed by atoms with Gasteiger partial charge in [0.25, 0.3) is 11.8 Å². The van der Waals surface area contributed by atoms with E-state index in [0.717, 1.165) is 42.8 Å². The Balaban J connectivity index is 1.61. The van der Waals surface area contributed by atoms with Gasteiger partial charge in [-0.2, -0.15) is 0 Å². The van der Waals surface area contributed by atoms with Crippen molar-refractivity contribution in [2.45, 2.75) is 26.2 Å². The van der Waals surface area contributed by atoms with Crippen LogP contribution >= 0.6 is 11.6 Å². The lowest BCUT2D eigenvalue weighted by atomic mass is 10.0. The molecule has 5 nitrogen and oxygen atoms in total. The van der Waals surface area contributed by atoms with Crippen LogP contribution in [0.3, 0.4) is 0 Å². The van der Waals surface area contributed by atoms with E-state index in [0.29, 0.717) is 35.9 Å². The predicted octanol–water partition coefficient (Wildman–Crippen LogP) is 4.16. The number of carbonyl (C=O) groups is 2. The minimum atomic E-state index is -0.222. The van der Waals surface area contributed by atoms with Gasteiger partial charge in [0.15, 0.2) is 0 Å². The largest absolute Gasteiger partial charge is 0.494 e. The van der Waals surface area contributed by atoms with Crippen LogP contribution in [0.5, 0.6) is 5.75 Å². The summed E-state index contributed by atoms with van der Waals surface area (Å²) in [5.41, 5.74) is 2.84. The van der Waals surface area contributed by atoms with Crippen LogP contribution < -0.4 is 4.74 Å². The van der Waals surface area contributed by atoms with Crippen molar-refractivity contribution < 1.29 is 14.3 Å². The van der Waals surface area contributed by atoms with Crippen LogP contribution in [0.2, 0.25) is 5.02 Å². The van der Waals surface area contributed by atoms with E-state index in [1.807, 2.05) is 55.5 Å². The van der Waals surface area contributed by atoms with Crippen molar-refractivity contribution in [3.05, 3.63) is 70.4 Å². The van der Waals surface area contributed by atoms with Crippen LogP contribution in [-0.4, -0.2) is 47.9 Å². The summed E-state index contributed by atoms with van der Waals surface area (Å²) >= 11 is 5.96. The van der Waals surface area contributed by atoms with Crippen molar-refractivity contribution in [1.82, 2.24) is 9.80 Å². The number of nitrogens with zero attached hydrogens (tertiary/aromatic N) is 2. The lowest BCUT2D eigenvalue weighted by Gasteiger charge is -2.20. The van der Waals surface area contributed by atoms with Gasteiger partial charge in [-0.3, -0.25) is 14.5 Å². The molecular formula is C24H25ClN2O3. The molecule has 2 aromatic carbocycles. The molecule has 6 heteroatoms. The summed E-state index contributed by atoms with van der Waals surface area (Å²) in [6.07, 6.45) is 2.66. The van der Waals surface area contributed by atoms with Crippen molar-refractivity contribution in [2.75, 3.05) is 26.2 Å². The Kier molecular flexibility index (Phi) is 6.09. The zero-order valence-corrected chi connectivity index (χ0v) is 17.8. The molecule has 0 saturated carbocycles. The molecule has 2 aromatic rings. The Morgan fingerprint density at radius 3 is 2.23 bits per heavy atom. The quantitative estimate of drug-likeness (QED) is 0.626. The molecule has 4 rings (SSSR count). The monoisotopic (exact) mass is 424 g/mol. The Morgan fingerprint density at radius 2 is 1.60 bits per heavy atom. The number of halogens is 1. The second kappa shape index (κ2) is 8.92. The number of hydrogen-bond donors (Lipinski definition) is 0. The van der Waals surface area contributed by atoms with Crippen LogP contribution in [0.15, 0.2) is 54.2 Å². The molecule has 30 heavy (non-hydrogen) atoms. The molecule has 0 radical (unpaired) electrons. The highest BCUT2D eigenvalue weighted by atomic mass is 35.5. The average molecular weight is 425 g/mol. The number of hydrogen-bond acceptors (Lipinski definition) is 4. The first-order chi connectivity index (χ1) is 14.6. The number of carbonyl (C=O) groups excluding carboxylic acids is 2. The Hall–Kier alpha value is -2.79. The van der Waals surface area contributed by atoms with Crippen molar-refractivity contribution in [3.63, 3.8) is 0 Å². The van der Waals surface area contributed by atoms with Gasteiger partial charge in [-0.25, -0.2) is 0 Å². The molecule has 2 amide bonds. The SMILES string of the molecule is CCOc1ccc(C2=C(N3CCCC3)C(=O)N(CCc3ccc(Cl)cc3)C2=O)cc1. The number of amides is 2. The molecule has 2 aliphatic rings. The van der Waals surface area contributed by atoms with Crippen LogP contribution in [0.4, 0.5) is 0 Å². The van der Waals surface area contributed by atoms with Gasteiger partial charge < -0.3 is 9.64 Å². The number of imide groups is 1. The molecule has 1 saturated heterocycles. The van der Waals surface area contributed by atoms with E-state index in [9.17, 15) is 9.59 Å².